The Morgan fingerprint density at radius 2 is 2.23 bits per heavy atom. The summed E-state index contributed by atoms with van der Waals surface area (Å²) in [5.41, 5.74) is 5.88. The molecule has 0 radical (unpaired) electrons. The van der Waals surface area contributed by atoms with Gasteiger partial charge in [0.05, 0.1) is 23.5 Å². The maximum atomic E-state index is 14.9. The van der Waals surface area contributed by atoms with Crippen molar-refractivity contribution in [2.24, 2.45) is 5.92 Å². The summed E-state index contributed by atoms with van der Waals surface area (Å²) < 4.78 is 14.9. The molecular formula is C21H23FN4. The summed E-state index contributed by atoms with van der Waals surface area (Å²) in [5.74, 6) is 0.174. The molecule has 1 aromatic heterocycles. The van der Waals surface area contributed by atoms with Crippen molar-refractivity contribution in [2.45, 2.75) is 25.4 Å². The van der Waals surface area contributed by atoms with Gasteiger partial charge in [-0.1, -0.05) is 13.0 Å². The Hall–Kier alpha value is -2.40. The fourth-order valence-electron chi connectivity index (χ4n) is 4.89. The van der Waals surface area contributed by atoms with Gasteiger partial charge >= 0.3 is 0 Å². The van der Waals surface area contributed by atoms with Crippen LogP contribution in [0.1, 0.15) is 24.6 Å². The lowest BCUT2D eigenvalue weighted by Crippen LogP contribution is -2.50. The van der Waals surface area contributed by atoms with Gasteiger partial charge in [-0.15, -0.1) is 0 Å². The van der Waals surface area contributed by atoms with Gasteiger partial charge in [0.1, 0.15) is 5.83 Å². The second-order valence-electron chi connectivity index (χ2n) is 7.59. The molecule has 0 aromatic carbocycles. The van der Waals surface area contributed by atoms with Crippen molar-refractivity contribution in [1.29, 1.82) is 0 Å². The first-order valence-electron chi connectivity index (χ1n) is 9.32. The summed E-state index contributed by atoms with van der Waals surface area (Å²) in [6, 6.07) is 4.10. The predicted octanol–water partition coefficient (Wildman–Crippen LogP) is 2.84. The number of hydrogen-bond acceptors (Lipinski definition) is 4. The Balaban J connectivity index is 1.69. The van der Waals surface area contributed by atoms with Gasteiger partial charge in [-0.2, -0.15) is 0 Å². The molecule has 0 amide bonds. The maximum absolute atomic E-state index is 14.9. The molecule has 4 nitrogen and oxygen atoms in total. The van der Waals surface area contributed by atoms with Gasteiger partial charge < -0.3 is 15.5 Å². The highest BCUT2D eigenvalue weighted by Crippen LogP contribution is 2.46. The first-order valence-corrected chi connectivity index (χ1v) is 9.32. The summed E-state index contributed by atoms with van der Waals surface area (Å²) in [6.07, 6.45) is 8.84. The second kappa shape index (κ2) is 5.81. The van der Waals surface area contributed by atoms with Gasteiger partial charge in [-0.3, -0.25) is 4.98 Å². The van der Waals surface area contributed by atoms with Crippen LogP contribution in [0, 0.1) is 5.92 Å². The van der Waals surface area contributed by atoms with Crippen LogP contribution >= 0.6 is 0 Å². The highest BCUT2D eigenvalue weighted by Gasteiger charge is 2.44. The standard InChI is InChI=1S/C21H23FN4/c1-12-18(13-5-8-23-9-6-13)25-20-17-14(11-26(2)21(12)17)10-16(22)15-4-3-7-24-19(15)20/h3-5,7,10-12,18,21,23,25H,6,8-9H2,1-2H3. The van der Waals surface area contributed by atoms with Crippen molar-refractivity contribution < 1.29 is 4.39 Å². The number of pyridine rings is 1. The van der Waals surface area contributed by atoms with E-state index in [9.17, 15) is 4.39 Å². The van der Waals surface area contributed by atoms with E-state index in [-0.39, 0.29) is 17.9 Å². The average molecular weight is 350 g/mol. The summed E-state index contributed by atoms with van der Waals surface area (Å²) in [6.45, 7) is 4.23. The minimum atomic E-state index is -0.213. The number of allylic oxidation sites excluding steroid dienone is 1. The summed E-state index contributed by atoms with van der Waals surface area (Å²) in [5, 5.41) is 7.16. The lowest BCUT2D eigenvalue weighted by Gasteiger charge is -2.42. The van der Waals surface area contributed by atoms with Gasteiger partial charge in [0.25, 0.3) is 0 Å². The molecule has 5 rings (SSSR count). The van der Waals surface area contributed by atoms with Crippen molar-refractivity contribution >= 4 is 11.5 Å². The lowest BCUT2D eigenvalue weighted by molar-refractivity contribution is 0.256. The van der Waals surface area contributed by atoms with Gasteiger partial charge in [0.2, 0.25) is 0 Å². The summed E-state index contributed by atoms with van der Waals surface area (Å²) in [4.78, 5) is 6.80. The molecule has 4 aliphatic rings. The average Bonchev–Trinajstić information content (AvgIpc) is 2.94. The van der Waals surface area contributed by atoms with Crippen LogP contribution in [0.25, 0.3) is 11.5 Å². The maximum Gasteiger partial charge on any atom is 0.133 e. The van der Waals surface area contributed by atoms with E-state index in [0.717, 1.165) is 36.5 Å². The van der Waals surface area contributed by atoms with Crippen LogP contribution in [0.15, 0.2) is 53.4 Å². The number of aromatic nitrogens is 1. The van der Waals surface area contributed by atoms with Gasteiger partial charge in [0, 0.05) is 48.6 Å². The first kappa shape index (κ1) is 15.8. The minimum absolute atomic E-state index is 0.213. The Morgan fingerprint density at radius 3 is 3.04 bits per heavy atom. The molecule has 0 saturated carbocycles. The monoisotopic (exact) mass is 350 g/mol. The van der Waals surface area contributed by atoms with E-state index < -0.39 is 0 Å². The van der Waals surface area contributed by atoms with E-state index >= 15 is 0 Å². The smallest absolute Gasteiger partial charge is 0.133 e. The molecular weight excluding hydrogens is 327 g/mol. The zero-order chi connectivity index (χ0) is 17.8. The van der Waals surface area contributed by atoms with Crippen molar-refractivity contribution in [3.8, 4) is 0 Å². The molecule has 1 aromatic rings. The molecule has 0 saturated heterocycles. The molecule has 1 aliphatic carbocycles. The minimum Gasteiger partial charge on any atom is -0.376 e. The van der Waals surface area contributed by atoms with Crippen molar-refractivity contribution in [2.75, 3.05) is 20.1 Å². The Labute approximate surface area is 153 Å². The van der Waals surface area contributed by atoms with E-state index in [1.807, 2.05) is 6.07 Å². The molecule has 5 heteroatoms. The number of halogens is 1. The summed E-state index contributed by atoms with van der Waals surface area (Å²) >= 11 is 0. The van der Waals surface area contributed by atoms with E-state index in [2.05, 4.69) is 46.8 Å². The highest BCUT2D eigenvalue weighted by atomic mass is 19.1. The fourth-order valence-corrected chi connectivity index (χ4v) is 4.89. The van der Waals surface area contributed by atoms with Crippen molar-refractivity contribution in [3.05, 3.63) is 64.7 Å². The lowest BCUT2D eigenvalue weighted by atomic mass is 9.78. The predicted molar refractivity (Wildman–Crippen MR) is 102 cm³/mol. The largest absolute Gasteiger partial charge is 0.376 e. The normalized spacial score (nSPS) is 29.9. The van der Waals surface area contributed by atoms with Crippen LogP contribution in [-0.2, 0) is 0 Å². The number of rotatable bonds is 1. The molecule has 134 valence electrons. The van der Waals surface area contributed by atoms with Gasteiger partial charge in [-0.05, 0) is 36.7 Å². The summed E-state index contributed by atoms with van der Waals surface area (Å²) in [7, 11) is 2.09. The number of likely N-dealkylation sites (N-methyl/N-ethyl adjacent to an activating group) is 1. The Bertz CT molecular complexity index is 895. The van der Waals surface area contributed by atoms with E-state index in [4.69, 9.17) is 0 Å². The molecule has 0 bridgehead atoms. The molecule has 0 fully saturated rings. The third-order valence-corrected chi connectivity index (χ3v) is 6.06. The molecule has 3 atom stereocenters. The molecule has 3 aliphatic heterocycles. The quantitative estimate of drug-likeness (QED) is 0.764. The van der Waals surface area contributed by atoms with Crippen LogP contribution in [-0.4, -0.2) is 42.1 Å². The highest BCUT2D eigenvalue weighted by molar-refractivity contribution is 5.85. The van der Waals surface area contributed by atoms with Gasteiger partial charge in [0.15, 0.2) is 0 Å². The van der Waals surface area contributed by atoms with E-state index in [1.54, 1.807) is 18.3 Å². The molecule has 3 unspecified atom stereocenters. The van der Waals surface area contributed by atoms with Crippen LogP contribution in [0.5, 0.6) is 0 Å². The number of nitrogens with one attached hydrogen (secondary N) is 2. The Kier molecular flexibility index (Phi) is 3.54. The van der Waals surface area contributed by atoms with Crippen LogP contribution in [0.3, 0.4) is 0 Å². The fraction of sp³-hybridized carbons (Fsp3) is 0.381. The number of hydrogen-bond donors (Lipinski definition) is 2. The number of fused-ring (bicyclic) bond motifs is 2. The van der Waals surface area contributed by atoms with E-state index in [0.29, 0.717) is 11.5 Å². The topological polar surface area (TPSA) is 40.2 Å². The molecule has 2 N–H and O–H groups in total. The van der Waals surface area contributed by atoms with Crippen LogP contribution in [0.2, 0.25) is 0 Å². The third-order valence-electron chi connectivity index (χ3n) is 6.06. The van der Waals surface area contributed by atoms with Crippen molar-refractivity contribution in [3.63, 3.8) is 0 Å². The first-order chi connectivity index (χ1) is 12.6. The second-order valence-corrected chi connectivity index (χ2v) is 7.59. The molecule has 4 heterocycles. The third kappa shape index (κ3) is 2.20. The van der Waals surface area contributed by atoms with E-state index in [1.165, 1.54) is 11.1 Å². The Morgan fingerprint density at radius 1 is 1.35 bits per heavy atom. The zero-order valence-electron chi connectivity index (χ0n) is 15.1. The SMILES string of the molecule is CC1C(C2=CCNCC2)NC2=C3C(=CN(C)C31)C=C(F)c1cccnc12. The molecule has 0 spiro atoms. The van der Waals surface area contributed by atoms with Crippen LogP contribution < -0.4 is 10.6 Å². The number of nitrogens with zero attached hydrogens (tertiary/aromatic N) is 2. The molecule has 26 heavy (non-hydrogen) atoms. The van der Waals surface area contributed by atoms with Crippen LogP contribution in [0.4, 0.5) is 4.39 Å². The van der Waals surface area contributed by atoms with Gasteiger partial charge in [-0.25, -0.2) is 4.39 Å². The van der Waals surface area contributed by atoms with Crippen molar-refractivity contribution in [1.82, 2.24) is 20.5 Å². The zero-order valence-corrected chi connectivity index (χ0v) is 15.1.